The predicted molar refractivity (Wildman–Crippen MR) is 102 cm³/mol. The van der Waals surface area contributed by atoms with E-state index in [2.05, 4.69) is 20.4 Å². The van der Waals surface area contributed by atoms with Crippen LogP contribution in [0.25, 0.3) is 17.2 Å². The molecule has 0 aliphatic carbocycles. The molecule has 0 saturated heterocycles. The fourth-order valence-corrected chi connectivity index (χ4v) is 3.01. The number of fused-ring (bicyclic) bond motifs is 1. The van der Waals surface area contributed by atoms with Gasteiger partial charge in [-0.05, 0) is 35.7 Å². The molecule has 10 heteroatoms. The predicted octanol–water partition coefficient (Wildman–Crippen LogP) is 4.78. The Bertz CT molecular complexity index is 1210. The Labute approximate surface area is 168 Å². The Kier molecular flexibility index (Phi) is 4.76. The molecule has 1 aromatic carbocycles. The van der Waals surface area contributed by atoms with Gasteiger partial charge >= 0.3 is 6.18 Å². The van der Waals surface area contributed by atoms with E-state index in [1.54, 1.807) is 12.1 Å². The molecule has 1 amide bonds. The number of nitrogens with zero attached hydrogens (tertiary/aromatic N) is 4. The highest BCUT2D eigenvalue weighted by Crippen LogP contribution is 2.32. The van der Waals surface area contributed by atoms with Gasteiger partial charge in [-0.25, -0.2) is 4.98 Å². The highest BCUT2D eigenvalue weighted by atomic mass is 19.4. The normalized spacial score (nSPS) is 11.9. The molecule has 0 aliphatic heterocycles. The summed E-state index contributed by atoms with van der Waals surface area (Å²) < 4.78 is 46.4. The third kappa shape index (κ3) is 3.63. The molecule has 1 N–H and O–H groups in total. The lowest BCUT2D eigenvalue weighted by Gasteiger charge is -2.12. The molecule has 0 atom stereocenters. The second-order valence-electron chi connectivity index (χ2n) is 6.84. The number of furan rings is 1. The van der Waals surface area contributed by atoms with Gasteiger partial charge in [-0.3, -0.25) is 4.79 Å². The second-order valence-corrected chi connectivity index (χ2v) is 6.84. The van der Waals surface area contributed by atoms with Gasteiger partial charge in [-0.2, -0.15) is 22.7 Å². The Morgan fingerprint density at radius 2 is 1.90 bits per heavy atom. The number of para-hydroxylation sites is 1. The Balaban J connectivity index is 1.77. The summed E-state index contributed by atoms with van der Waals surface area (Å²) >= 11 is 0. The van der Waals surface area contributed by atoms with Crippen molar-refractivity contribution in [3.05, 3.63) is 65.8 Å². The number of benzene rings is 1. The van der Waals surface area contributed by atoms with Crippen LogP contribution in [0.3, 0.4) is 0 Å². The van der Waals surface area contributed by atoms with Crippen molar-refractivity contribution in [3.8, 4) is 11.5 Å². The first-order valence-electron chi connectivity index (χ1n) is 9.03. The molecule has 30 heavy (non-hydrogen) atoms. The summed E-state index contributed by atoms with van der Waals surface area (Å²) in [5.74, 6) is -1.25. The number of anilines is 1. The molecule has 7 nitrogen and oxygen atoms in total. The fraction of sp³-hybridized carbons (Fsp3) is 0.200. The average molecular weight is 415 g/mol. The molecule has 0 saturated carbocycles. The Morgan fingerprint density at radius 3 is 2.57 bits per heavy atom. The number of carbonyl (C=O) groups is 1. The third-order valence-electron chi connectivity index (χ3n) is 4.41. The largest absolute Gasteiger partial charge is 0.463 e. The monoisotopic (exact) mass is 415 g/mol. The summed E-state index contributed by atoms with van der Waals surface area (Å²) in [7, 11) is 0. The first-order valence-corrected chi connectivity index (χ1v) is 9.03. The molecule has 0 spiro atoms. The molecule has 0 aliphatic rings. The van der Waals surface area contributed by atoms with Gasteiger partial charge in [0.05, 0.1) is 6.26 Å². The van der Waals surface area contributed by atoms with Crippen molar-refractivity contribution in [1.29, 1.82) is 0 Å². The summed E-state index contributed by atoms with van der Waals surface area (Å²) in [6.07, 6.45) is -3.42. The van der Waals surface area contributed by atoms with Crippen LogP contribution in [0.1, 0.15) is 41.6 Å². The Hall–Kier alpha value is -3.69. The number of rotatable bonds is 4. The van der Waals surface area contributed by atoms with Crippen molar-refractivity contribution in [3.63, 3.8) is 0 Å². The minimum atomic E-state index is -4.74. The van der Waals surface area contributed by atoms with Crippen LogP contribution in [0.5, 0.6) is 0 Å². The van der Waals surface area contributed by atoms with E-state index in [1.165, 1.54) is 18.4 Å². The van der Waals surface area contributed by atoms with Crippen molar-refractivity contribution in [2.45, 2.75) is 25.9 Å². The summed E-state index contributed by atoms with van der Waals surface area (Å²) in [5.41, 5.74) is 0.234. The third-order valence-corrected chi connectivity index (χ3v) is 4.41. The van der Waals surface area contributed by atoms with Crippen LogP contribution in [0, 0.1) is 0 Å². The quantitative estimate of drug-likeness (QED) is 0.519. The van der Waals surface area contributed by atoms with E-state index in [0.29, 0.717) is 10.2 Å². The molecule has 0 fully saturated rings. The minimum absolute atomic E-state index is 0.0654. The molecular weight excluding hydrogens is 399 g/mol. The van der Waals surface area contributed by atoms with Gasteiger partial charge in [0.2, 0.25) is 5.82 Å². The average Bonchev–Trinajstić information content (AvgIpc) is 3.36. The van der Waals surface area contributed by atoms with Gasteiger partial charge < -0.3 is 9.73 Å². The lowest BCUT2D eigenvalue weighted by Crippen LogP contribution is -2.16. The lowest BCUT2D eigenvalue weighted by atomic mass is 10.0. The maximum absolute atomic E-state index is 13.6. The van der Waals surface area contributed by atoms with E-state index < -0.39 is 23.6 Å². The molecule has 3 heterocycles. The highest BCUT2D eigenvalue weighted by molar-refractivity contribution is 6.02. The van der Waals surface area contributed by atoms with E-state index >= 15 is 0 Å². The van der Waals surface area contributed by atoms with Gasteiger partial charge in [-0.15, -0.1) is 5.10 Å². The van der Waals surface area contributed by atoms with E-state index in [4.69, 9.17) is 4.42 Å². The van der Waals surface area contributed by atoms with Crippen molar-refractivity contribution in [1.82, 2.24) is 19.6 Å². The smallest absolute Gasteiger partial charge is 0.433 e. The van der Waals surface area contributed by atoms with Crippen LogP contribution in [0.15, 0.2) is 53.1 Å². The summed E-state index contributed by atoms with van der Waals surface area (Å²) in [6, 6.07) is 11.0. The molecular formula is C20H16F3N5O2. The summed E-state index contributed by atoms with van der Waals surface area (Å²) in [5, 5.41) is 6.42. The molecule has 4 rings (SSSR count). The van der Waals surface area contributed by atoms with Crippen molar-refractivity contribution in [2.24, 2.45) is 0 Å². The highest BCUT2D eigenvalue weighted by Gasteiger charge is 2.36. The van der Waals surface area contributed by atoms with Crippen LogP contribution in [-0.4, -0.2) is 25.5 Å². The van der Waals surface area contributed by atoms with Gasteiger partial charge in [0.1, 0.15) is 5.69 Å². The van der Waals surface area contributed by atoms with Gasteiger partial charge in [0.15, 0.2) is 11.5 Å². The van der Waals surface area contributed by atoms with Gasteiger partial charge in [0.25, 0.3) is 11.7 Å². The molecule has 4 aromatic rings. The molecule has 0 bridgehead atoms. The van der Waals surface area contributed by atoms with E-state index in [1.807, 2.05) is 26.0 Å². The number of nitrogens with one attached hydrogen (secondary N) is 1. The van der Waals surface area contributed by atoms with E-state index in [-0.39, 0.29) is 23.1 Å². The molecule has 154 valence electrons. The van der Waals surface area contributed by atoms with Crippen molar-refractivity contribution < 1.29 is 22.4 Å². The second kappa shape index (κ2) is 7.29. The zero-order chi connectivity index (χ0) is 21.5. The standard InChI is InChI=1S/C20H16F3N5O2/c1-11(2)12-6-3-4-7-13(12)24-18(29)17-26-19-25-14(15-8-5-9-30-15)10-16(20(21,22)23)28(19)27-17/h3-11H,1-2H3,(H,24,29). The number of alkyl halides is 3. The Morgan fingerprint density at radius 1 is 1.13 bits per heavy atom. The summed E-state index contributed by atoms with van der Waals surface area (Å²) in [4.78, 5) is 20.6. The maximum Gasteiger partial charge on any atom is 0.433 e. The fourth-order valence-electron chi connectivity index (χ4n) is 3.01. The molecule has 0 radical (unpaired) electrons. The molecule has 0 unspecified atom stereocenters. The zero-order valence-electron chi connectivity index (χ0n) is 15.9. The number of amides is 1. The maximum atomic E-state index is 13.6. The van der Waals surface area contributed by atoms with E-state index in [0.717, 1.165) is 11.6 Å². The van der Waals surface area contributed by atoms with Crippen molar-refractivity contribution >= 4 is 17.4 Å². The number of aromatic nitrogens is 4. The van der Waals surface area contributed by atoms with Gasteiger partial charge in [-0.1, -0.05) is 32.0 Å². The number of carbonyl (C=O) groups excluding carboxylic acids is 1. The molecule has 3 aromatic heterocycles. The van der Waals surface area contributed by atoms with Crippen LogP contribution >= 0.6 is 0 Å². The number of hydrogen-bond donors (Lipinski definition) is 1. The minimum Gasteiger partial charge on any atom is -0.463 e. The van der Waals surface area contributed by atoms with Crippen molar-refractivity contribution in [2.75, 3.05) is 5.32 Å². The topological polar surface area (TPSA) is 85.3 Å². The van der Waals surface area contributed by atoms with Crippen LogP contribution in [0.4, 0.5) is 18.9 Å². The number of halogens is 3. The zero-order valence-corrected chi connectivity index (χ0v) is 15.9. The van der Waals surface area contributed by atoms with Crippen LogP contribution in [-0.2, 0) is 6.18 Å². The first kappa shape index (κ1) is 19.6. The van der Waals surface area contributed by atoms with Crippen LogP contribution < -0.4 is 5.32 Å². The lowest BCUT2D eigenvalue weighted by molar-refractivity contribution is -0.142. The SMILES string of the molecule is CC(C)c1ccccc1NC(=O)c1nc2nc(-c3ccco3)cc(C(F)(F)F)n2n1. The first-order chi connectivity index (χ1) is 14.2. The van der Waals surface area contributed by atoms with Crippen LogP contribution in [0.2, 0.25) is 0 Å². The summed E-state index contributed by atoms with van der Waals surface area (Å²) in [6.45, 7) is 3.92. The van der Waals surface area contributed by atoms with Gasteiger partial charge in [0, 0.05) is 5.69 Å². The number of hydrogen-bond acceptors (Lipinski definition) is 5. The van der Waals surface area contributed by atoms with E-state index in [9.17, 15) is 18.0 Å².